The lowest BCUT2D eigenvalue weighted by Gasteiger charge is -2.20. The summed E-state index contributed by atoms with van der Waals surface area (Å²) < 4.78 is 27.7. The Bertz CT molecular complexity index is 448. The minimum atomic E-state index is -3.92. The molecule has 0 saturated heterocycles. The highest BCUT2D eigenvalue weighted by Gasteiger charge is 2.18. The van der Waals surface area contributed by atoms with Crippen LogP contribution in [0.25, 0.3) is 0 Å². The van der Waals surface area contributed by atoms with Crippen molar-refractivity contribution in [3.8, 4) is 0 Å². The highest BCUT2D eigenvalue weighted by atomic mass is 32.2. The van der Waals surface area contributed by atoms with Gasteiger partial charge in [0.05, 0.1) is 37.7 Å². The van der Waals surface area contributed by atoms with E-state index in [2.05, 4.69) is 6.92 Å². The van der Waals surface area contributed by atoms with Crippen molar-refractivity contribution >= 4 is 16.0 Å². The maximum Gasteiger partial charge on any atom is 0.313 e. The molecule has 0 heterocycles. The first-order valence-electron chi connectivity index (χ1n) is 11.2. The molecule has 28 heavy (non-hydrogen) atoms. The highest BCUT2D eigenvalue weighted by Crippen LogP contribution is 2.14. The number of hydrogen-bond acceptors (Lipinski definition) is 4. The largest absolute Gasteiger partial charge is 0.748 e. The Morgan fingerprint density at radius 1 is 0.679 bits per heavy atom. The van der Waals surface area contributed by atoms with Crippen LogP contribution < -0.4 is 0 Å². The molecule has 0 aromatic heterocycles. The molecular weight excluding hydrogens is 374 g/mol. The van der Waals surface area contributed by atoms with Crippen LogP contribution in [0, 0.1) is 0 Å². The Morgan fingerprint density at radius 2 is 0.929 bits per heavy atom. The van der Waals surface area contributed by atoms with Crippen molar-refractivity contribution in [2.75, 3.05) is 27.4 Å². The molecule has 1 amide bonds. The van der Waals surface area contributed by atoms with Crippen LogP contribution in [0.15, 0.2) is 0 Å². The standard InChI is InChI=1S/C21H44NO.CH4O3S/c1-5-6-7-8-9-10-11-12-13-14-15-16-17-18-19-20-21(23)22(2,3)4;1-5(2,3)4/h5-20H2,1-4H3;1H3,(H,2,3,4)/q+1;/p-1. The predicted octanol–water partition coefficient (Wildman–Crippen LogP) is 5.64. The summed E-state index contributed by atoms with van der Waals surface area (Å²) in [6, 6.07) is 0. The van der Waals surface area contributed by atoms with Gasteiger partial charge in [-0.2, -0.15) is 0 Å². The van der Waals surface area contributed by atoms with Crippen LogP contribution >= 0.6 is 0 Å². The molecule has 0 aromatic rings. The van der Waals surface area contributed by atoms with Crippen LogP contribution in [0.2, 0.25) is 0 Å². The van der Waals surface area contributed by atoms with Crippen molar-refractivity contribution in [2.24, 2.45) is 0 Å². The van der Waals surface area contributed by atoms with Crippen molar-refractivity contribution in [2.45, 2.75) is 110 Å². The van der Waals surface area contributed by atoms with E-state index in [0.29, 0.717) is 16.6 Å². The average Bonchev–Trinajstić information content (AvgIpc) is 2.55. The zero-order valence-electron chi connectivity index (χ0n) is 19.3. The molecule has 0 saturated carbocycles. The summed E-state index contributed by atoms with van der Waals surface area (Å²) in [5, 5.41) is 0. The SMILES string of the molecule is CCCCCCCCCCCCCCCCCC(=O)[N+](C)(C)C.CS(=O)(=O)[O-]. The van der Waals surface area contributed by atoms with E-state index in [1.54, 1.807) is 0 Å². The van der Waals surface area contributed by atoms with Gasteiger partial charge in [-0.25, -0.2) is 13.2 Å². The van der Waals surface area contributed by atoms with E-state index in [-0.39, 0.29) is 0 Å². The molecule has 6 heteroatoms. The van der Waals surface area contributed by atoms with Crippen molar-refractivity contribution in [1.82, 2.24) is 0 Å². The molecule has 0 fully saturated rings. The van der Waals surface area contributed by atoms with E-state index in [9.17, 15) is 4.79 Å². The van der Waals surface area contributed by atoms with Crippen molar-refractivity contribution in [1.29, 1.82) is 0 Å². The number of rotatable bonds is 16. The molecule has 0 aromatic carbocycles. The Balaban J connectivity index is 0. The molecular formula is C22H47NO4S. The summed E-state index contributed by atoms with van der Waals surface area (Å²) >= 11 is 0. The molecule has 0 radical (unpaired) electrons. The van der Waals surface area contributed by atoms with Gasteiger partial charge in [-0.05, 0) is 6.42 Å². The van der Waals surface area contributed by atoms with E-state index in [4.69, 9.17) is 13.0 Å². The molecule has 0 aliphatic heterocycles. The number of nitrogens with zero attached hydrogens (tertiary/aromatic N) is 1. The van der Waals surface area contributed by atoms with Gasteiger partial charge in [0, 0.05) is 6.26 Å². The van der Waals surface area contributed by atoms with Gasteiger partial charge in [0.25, 0.3) is 0 Å². The van der Waals surface area contributed by atoms with Gasteiger partial charge >= 0.3 is 5.91 Å². The van der Waals surface area contributed by atoms with Gasteiger partial charge < -0.3 is 4.55 Å². The summed E-state index contributed by atoms with van der Waals surface area (Å²) in [5.74, 6) is 0.361. The second-order valence-electron chi connectivity index (χ2n) is 8.81. The zero-order valence-corrected chi connectivity index (χ0v) is 20.1. The summed E-state index contributed by atoms with van der Waals surface area (Å²) in [4.78, 5) is 11.8. The van der Waals surface area contributed by atoms with Crippen LogP contribution in [0.5, 0.6) is 0 Å². The minimum Gasteiger partial charge on any atom is -0.748 e. The minimum absolute atomic E-state index is 0.361. The van der Waals surface area contributed by atoms with E-state index >= 15 is 0 Å². The van der Waals surface area contributed by atoms with Crippen LogP contribution in [0.3, 0.4) is 0 Å². The molecule has 170 valence electrons. The molecule has 0 atom stereocenters. The number of unbranched alkanes of at least 4 members (excludes halogenated alkanes) is 14. The van der Waals surface area contributed by atoms with Gasteiger partial charge in [0.15, 0.2) is 0 Å². The molecule has 0 N–H and O–H groups in total. The molecule has 0 rings (SSSR count). The van der Waals surface area contributed by atoms with E-state index in [0.717, 1.165) is 12.8 Å². The Labute approximate surface area is 175 Å². The first kappa shape index (κ1) is 29.7. The second kappa shape index (κ2) is 18.6. The number of carbonyl (C=O) groups is 1. The van der Waals surface area contributed by atoms with Crippen molar-refractivity contribution in [3.05, 3.63) is 0 Å². The van der Waals surface area contributed by atoms with Crippen molar-refractivity contribution in [3.63, 3.8) is 0 Å². The third kappa shape index (κ3) is 30.3. The number of quaternary nitrogens is 1. The summed E-state index contributed by atoms with van der Waals surface area (Å²) in [6.45, 7) is 2.28. The maximum absolute atomic E-state index is 11.8. The Morgan fingerprint density at radius 3 is 1.18 bits per heavy atom. The first-order valence-corrected chi connectivity index (χ1v) is 13.1. The zero-order chi connectivity index (χ0) is 21.9. The van der Waals surface area contributed by atoms with Gasteiger partial charge in [-0.1, -0.05) is 96.8 Å². The Hall–Kier alpha value is -0.460. The lowest BCUT2D eigenvalue weighted by atomic mass is 10.0. The quantitative estimate of drug-likeness (QED) is 0.183. The van der Waals surface area contributed by atoms with Gasteiger partial charge in [0.2, 0.25) is 0 Å². The maximum atomic E-state index is 11.8. The number of amides is 1. The second-order valence-corrected chi connectivity index (χ2v) is 10.2. The normalized spacial score (nSPS) is 11.8. The topological polar surface area (TPSA) is 74.3 Å². The fourth-order valence-corrected chi connectivity index (χ4v) is 2.98. The average molecular weight is 422 g/mol. The number of carbonyl (C=O) groups excluding carboxylic acids is 1. The molecule has 0 aliphatic carbocycles. The molecule has 0 spiro atoms. The molecule has 0 bridgehead atoms. The smallest absolute Gasteiger partial charge is 0.313 e. The first-order chi connectivity index (χ1) is 13.0. The molecule has 5 nitrogen and oxygen atoms in total. The van der Waals surface area contributed by atoms with Gasteiger partial charge in [-0.3, -0.25) is 4.48 Å². The lowest BCUT2D eigenvalue weighted by molar-refractivity contribution is -0.792. The number of hydrogen-bond donors (Lipinski definition) is 0. The predicted molar refractivity (Wildman–Crippen MR) is 118 cm³/mol. The van der Waals surface area contributed by atoms with Crippen LogP contribution in [-0.4, -0.2) is 50.8 Å². The van der Waals surface area contributed by atoms with Gasteiger partial charge in [-0.15, -0.1) is 0 Å². The van der Waals surface area contributed by atoms with Crippen LogP contribution in [-0.2, 0) is 14.9 Å². The lowest BCUT2D eigenvalue weighted by Crippen LogP contribution is -2.40. The molecule has 0 aliphatic rings. The van der Waals surface area contributed by atoms with Crippen LogP contribution in [0.4, 0.5) is 0 Å². The fraction of sp³-hybridized carbons (Fsp3) is 0.955. The van der Waals surface area contributed by atoms with Crippen molar-refractivity contribution < 1.29 is 22.2 Å². The third-order valence-electron chi connectivity index (χ3n) is 4.74. The third-order valence-corrected chi connectivity index (χ3v) is 4.74. The summed E-state index contributed by atoms with van der Waals surface area (Å²) in [7, 11) is 1.98. The van der Waals surface area contributed by atoms with Gasteiger partial charge in [0.1, 0.15) is 0 Å². The monoisotopic (exact) mass is 421 g/mol. The molecule has 0 unspecified atom stereocenters. The van der Waals surface area contributed by atoms with E-state index < -0.39 is 10.1 Å². The summed E-state index contributed by atoms with van der Waals surface area (Å²) in [6.07, 6.45) is 22.0. The van der Waals surface area contributed by atoms with E-state index in [1.165, 1.54) is 89.9 Å². The Kier molecular flexibility index (Phi) is 19.7. The van der Waals surface area contributed by atoms with E-state index in [1.807, 2.05) is 21.1 Å². The summed E-state index contributed by atoms with van der Waals surface area (Å²) in [5.41, 5.74) is 0. The van der Waals surface area contributed by atoms with Crippen LogP contribution in [0.1, 0.15) is 110 Å². The fourth-order valence-electron chi connectivity index (χ4n) is 2.98. The highest BCUT2D eigenvalue weighted by molar-refractivity contribution is 7.84.